The Labute approximate surface area is 167 Å². The minimum absolute atomic E-state index is 0.0584. The standard InChI is InChI=1S/C20H24N4O5/c25-10-12-6-7-21-9-14(12)22-8-11-2-1-3-13-17(11)20(29)24(19(13)28)15-4-5-16(26)23-18(15)27/h1-3,12,14-15,21-22,25H,4-10H2,(H,23,26,27). The van der Waals surface area contributed by atoms with Gasteiger partial charge in [0.1, 0.15) is 6.04 Å². The van der Waals surface area contributed by atoms with Crippen LogP contribution in [0.5, 0.6) is 0 Å². The molecule has 154 valence electrons. The molecule has 3 atom stereocenters. The number of amides is 4. The number of carbonyl (C=O) groups excluding carboxylic acids is 4. The highest BCUT2D eigenvalue weighted by atomic mass is 16.3. The van der Waals surface area contributed by atoms with Crippen LogP contribution in [0.2, 0.25) is 0 Å². The van der Waals surface area contributed by atoms with Gasteiger partial charge in [0, 0.05) is 32.2 Å². The van der Waals surface area contributed by atoms with E-state index in [1.54, 1.807) is 18.2 Å². The van der Waals surface area contributed by atoms with Crippen LogP contribution in [0.15, 0.2) is 18.2 Å². The van der Waals surface area contributed by atoms with Crippen molar-refractivity contribution in [1.29, 1.82) is 0 Å². The Morgan fingerprint density at radius 3 is 2.72 bits per heavy atom. The van der Waals surface area contributed by atoms with Gasteiger partial charge in [-0.2, -0.15) is 0 Å². The topological polar surface area (TPSA) is 128 Å². The zero-order valence-corrected chi connectivity index (χ0v) is 15.9. The van der Waals surface area contributed by atoms with Gasteiger partial charge < -0.3 is 15.7 Å². The lowest BCUT2D eigenvalue weighted by Crippen LogP contribution is -2.54. The minimum Gasteiger partial charge on any atom is -0.396 e. The van der Waals surface area contributed by atoms with Crippen LogP contribution in [0.25, 0.3) is 0 Å². The Balaban J connectivity index is 1.55. The van der Waals surface area contributed by atoms with Gasteiger partial charge in [0.05, 0.1) is 11.1 Å². The maximum Gasteiger partial charge on any atom is 0.262 e. The second kappa shape index (κ2) is 8.02. The van der Waals surface area contributed by atoms with Crippen LogP contribution in [-0.2, 0) is 16.1 Å². The molecule has 4 rings (SSSR count). The van der Waals surface area contributed by atoms with Crippen molar-refractivity contribution in [2.24, 2.45) is 5.92 Å². The van der Waals surface area contributed by atoms with E-state index in [0.717, 1.165) is 24.4 Å². The first-order valence-corrected chi connectivity index (χ1v) is 9.89. The number of piperidine rings is 2. The summed E-state index contributed by atoms with van der Waals surface area (Å²) >= 11 is 0. The Hall–Kier alpha value is -2.62. The predicted octanol–water partition coefficient (Wildman–Crippen LogP) is -0.852. The average Bonchev–Trinajstić information content (AvgIpc) is 2.98. The van der Waals surface area contributed by atoms with Crippen molar-refractivity contribution in [1.82, 2.24) is 20.9 Å². The largest absolute Gasteiger partial charge is 0.396 e. The Bertz CT molecular complexity index is 870. The van der Waals surface area contributed by atoms with E-state index in [1.165, 1.54) is 0 Å². The van der Waals surface area contributed by atoms with Crippen molar-refractivity contribution >= 4 is 23.6 Å². The molecule has 0 aromatic heterocycles. The fourth-order valence-electron chi connectivity index (χ4n) is 4.34. The molecule has 1 aromatic rings. The molecule has 29 heavy (non-hydrogen) atoms. The number of rotatable bonds is 5. The SMILES string of the molecule is O=C1CCC(N2C(=O)c3cccc(CNC4CNCCC4CO)c3C2=O)C(=O)N1. The number of benzene rings is 1. The molecule has 1 aromatic carbocycles. The molecule has 3 unspecified atom stereocenters. The number of hydrogen-bond acceptors (Lipinski definition) is 7. The third-order valence-electron chi connectivity index (χ3n) is 5.97. The van der Waals surface area contributed by atoms with Crippen molar-refractivity contribution in [3.63, 3.8) is 0 Å². The van der Waals surface area contributed by atoms with Crippen molar-refractivity contribution in [3.8, 4) is 0 Å². The van der Waals surface area contributed by atoms with Gasteiger partial charge in [0.15, 0.2) is 0 Å². The van der Waals surface area contributed by atoms with E-state index in [4.69, 9.17) is 0 Å². The summed E-state index contributed by atoms with van der Waals surface area (Å²) in [5, 5.41) is 18.5. The molecule has 3 aliphatic heterocycles. The smallest absolute Gasteiger partial charge is 0.262 e. The van der Waals surface area contributed by atoms with Crippen molar-refractivity contribution < 1.29 is 24.3 Å². The Kier molecular flexibility index (Phi) is 5.44. The maximum atomic E-state index is 13.1. The summed E-state index contributed by atoms with van der Waals surface area (Å²) in [5.74, 6) is -1.89. The molecule has 3 heterocycles. The van der Waals surface area contributed by atoms with Crippen LogP contribution in [0, 0.1) is 5.92 Å². The van der Waals surface area contributed by atoms with Crippen molar-refractivity contribution in [2.75, 3.05) is 19.7 Å². The number of aliphatic hydroxyl groups is 1. The number of fused-ring (bicyclic) bond motifs is 1. The van der Waals surface area contributed by atoms with Crippen LogP contribution in [-0.4, -0.2) is 65.4 Å². The van der Waals surface area contributed by atoms with Crippen LogP contribution >= 0.6 is 0 Å². The highest BCUT2D eigenvalue weighted by Gasteiger charge is 2.45. The van der Waals surface area contributed by atoms with Crippen LogP contribution in [0.1, 0.15) is 45.5 Å². The molecular formula is C20H24N4O5. The number of nitrogens with zero attached hydrogens (tertiary/aromatic N) is 1. The van der Waals surface area contributed by atoms with Gasteiger partial charge in [-0.05, 0) is 36.9 Å². The third kappa shape index (κ3) is 3.57. The summed E-state index contributed by atoms with van der Waals surface area (Å²) in [7, 11) is 0. The van der Waals surface area contributed by atoms with Crippen LogP contribution in [0.3, 0.4) is 0 Å². The molecule has 0 bridgehead atoms. The zero-order valence-electron chi connectivity index (χ0n) is 15.9. The second-order valence-electron chi connectivity index (χ2n) is 7.71. The van der Waals surface area contributed by atoms with E-state index >= 15 is 0 Å². The third-order valence-corrected chi connectivity index (χ3v) is 5.97. The fraction of sp³-hybridized carbons (Fsp3) is 0.500. The van der Waals surface area contributed by atoms with Crippen LogP contribution < -0.4 is 16.0 Å². The molecule has 0 spiro atoms. The van der Waals surface area contributed by atoms with Crippen molar-refractivity contribution in [3.05, 3.63) is 34.9 Å². The molecule has 4 N–H and O–H groups in total. The maximum absolute atomic E-state index is 13.1. The molecule has 4 amide bonds. The molecule has 3 aliphatic rings. The lowest BCUT2D eigenvalue weighted by atomic mass is 9.93. The van der Waals surface area contributed by atoms with Gasteiger partial charge >= 0.3 is 0 Å². The van der Waals surface area contributed by atoms with E-state index in [2.05, 4.69) is 16.0 Å². The van der Waals surface area contributed by atoms with Gasteiger partial charge in [-0.3, -0.25) is 29.4 Å². The molecule has 0 aliphatic carbocycles. The highest BCUT2D eigenvalue weighted by molar-refractivity contribution is 6.24. The molecule has 2 fully saturated rings. The lowest BCUT2D eigenvalue weighted by Gasteiger charge is -2.32. The minimum atomic E-state index is -0.970. The highest BCUT2D eigenvalue weighted by Crippen LogP contribution is 2.30. The summed E-state index contributed by atoms with van der Waals surface area (Å²) in [5.41, 5.74) is 1.26. The quantitative estimate of drug-likeness (QED) is 0.474. The summed E-state index contributed by atoms with van der Waals surface area (Å²) in [6.07, 6.45) is 1.09. The van der Waals surface area contributed by atoms with Crippen molar-refractivity contribution in [2.45, 2.75) is 37.9 Å². The molecule has 0 saturated carbocycles. The molecule has 9 nitrogen and oxygen atoms in total. The molecule has 2 saturated heterocycles. The van der Waals surface area contributed by atoms with Gasteiger partial charge in [-0.1, -0.05) is 12.1 Å². The van der Waals surface area contributed by atoms with Crippen LogP contribution in [0.4, 0.5) is 0 Å². The normalized spacial score (nSPS) is 27.2. The average molecular weight is 400 g/mol. The first-order chi connectivity index (χ1) is 14.0. The number of imide groups is 2. The number of nitrogens with one attached hydrogen (secondary N) is 3. The summed E-state index contributed by atoms with van der Waals surface area (Å²) in [6, 6.07) is 4.18. The summed E-state index contributed by atoms with van der Waals surface area (Å²) < 4.78 is 0. The first kappa shape index (κ1) is 19.7. The fourth-order valence-corrected chi connectivity index (χ4v) is 4.34. The van der Waals surface area contributed by atoms with E-state index < -0.39 is 29.7 Å². The van der Waals surface area contributed by atoms with E-state index in [-0.39, 0.29) is 37.0 Å². The monoisotopic (exact) mass is 400 g/mol. The lowest BCUT2D eigenvalue weighted by molar-refractivity contribution is -0.136. The molecule has 0 radical (unpaired) electrons. The molecular weight excluding hydrogens is 376 g/mol. The van der Waals surface area contributed by atoms with Gasteiger partial charge in [-0.25, -0.2) is 0 Å². The second-order valence-corrected chi connectivity index (χ2v) is 7.71. The van der Waals surface area contributed by atoms with Gasteiger partial charge in [0.25, 0.3) is 11.8 Å². The number of hydrogen-bond donors (Lipinski definition) is 4. The zero-order chi connectivity index (χ0) is 20.5. The van der Waals surface area contributed by atoms with E-state index in [1.807, 2.05) is 0 Å². The Morgan fingerprint density at radius 2 is 1.97 bits per heavy atom. The van der Waals surface area contributed by atoms with Gasteiger partial charge in [0.2, 0.25) is 11.8 Å². The summed E-state index contributed by atoms with van der Waals surface area (Å²) in [4.78, 5) is 50.5. The number of aliphatic hydroxyl groups excluding tert-OH is 1. The van der Waals surface area contributed by atoms with E-state index in [9.17, 15) is 24.3 Å². The number of carbonyl (C=O) groups is 4. The molecule has 9 heteroatoms. The first-order valence-electron chi connectivity index (χ1n) is 9.89. The summed E-state index contributed by atoms with van der Waals surface area (Å²) in [6.45, 7) is 2.04. The predicted molar refractivity (Wildman–Crippen MR) is 102 cm³/mol. The van der Waals surface area contributed by atoms with Gasteiger partial charge in [-0.15, -0.1) is 0 Å². The van der Waals surface area contributed by atoms with E-state index in [0.29, 0.717) is 17.7 Å². The Morgan fingerprint density at radius 1 is 1.14 bits per heavy atom.